The van der Waals surface area contributed by atoms with Gasteiger partial charge in [0, 0.05) is 37.1 Å². The normalized spacial score (nSPS) is 16.3. The van der Waals surface area contributed by atoms with Gasteiger partial charge in [0.05, 0.1) is 22.9 Å². The Labute approximate surface area is 234 Å². The first kappa shape index (κ1) is 29.9. The van der Waals surface area contributed by atoms with E-state index in [1.54, 1.807) is 51.4 Å². The molecular weight excluding hydrogens is 565 g/mol. The first-order chi connectivity index (χ1) is 19.1. The van der Waals surface area contributed by atoms with Crippen molar-refractivity contribution in [3.8, 4) is 0 Å². The number of sulfone groups is 1. The van der Waals surface area contributed by atoms with E-state index in [1.807, 2.05) is 0 Å². The molecule has 0 aliphatic carbocycles. The van der Waals surface area contributed by atoms with Crippen molar-refractivity contribution in [2.75, 3.05) is 16.8 Å². The quantitative estimate of drug-likeness (QED) is 0.358. The second-order valence-electron chi connectivity index (χ2n) is 9.94. The lowest BCUT2D eigenvalue weighted by Crippen LogP contribution is -2.43. The van der Waals surface area contributed by atoms with Crippen LogP contribution >= 0.6 is 0 Å². The fourth-order valence-electron chi connectivity index (χ4n) is 4.16. The van der Waals surface area contributed by atoms with Crippen LogP contribution in [0.4, 0.5) is 29.6 Å². The maximum atomic E-state index is 13.4. The number of imide groups is 1. The molecule has 0 saturated carbocycles. The van der Waals surface area contributed by atoms with Crippen LogP contribution in [0, 0.1) is 0 Å². The van der Waals surface area contributed by atoms with E-state index in [-0.39, 0.29) is 24.9 Å². The Balaban J connectivity index is 1.53. The molecule has 3 amide bonds. The van der Waals surface area contributed by atoms with Gasteiger partial charge in [-0.05, 0) is 68.8 Å². The average molecular weight is 593 g/mol. The third-order valence-electron chi connectivity index (χ3n) is 6.48. The molecule has 1 aliphatic heterocycles. The highest BCUT2D eigenvalue weighted by atomic mass is 32.2. The van der Waals surface area contributed by atoms with Crippen molar-refractivity contribution >= 4 is 33.4 Å². The molecule has 1 fully saturated rings. The van der Waals surface area contributed by atoms with E-state index in [1.165, 1.54) is 4.90 Å². The van der Waals surface area contributed by atoms with Crippen molar-refractivity contribution in [2.45, 2.75) is 55.7 Å². The maximum absolute atomic E-state index is 13.4. The van der Waals surface area contributed by atoms with Gasteiger partial charge in [-0.2, -0.15) is 13.2 Å². The lowest BCUT2D eigenvalue weighted by molar-refractivity contribution is -0.123. The molecule has 218 valence electrons. The molecule has 1 aromatic carbocycles. The number of rotatable bonds is 9. The summed E-state index contributed by atoms with van der Waals surface area (Å²) in [5.41, 5.74) is -4.90. The van der Waals surface area contributed by atoms with Crippen LogP contribution in [0.15, 0.2) is 59.8 Å². The third kappa shape index (κ3) is 6.00. The molecule has 0 radical (unpaired) electrons. The second-order valence-corrected chi connectivity index (χ2v) is 11.9. The van der Waals surface area contributed by atoms with Gasteiger partial charge in [0.25, 0.3) is 15.7 Å². The van der Waals surface area contributed by atoms with Gasteiger partial charge in [-0.3, -0.25) is 9.78 Å². The number of aliphatic hydroxyl groups excluding tert-OH is 1. The zero-order valence-corrected chi connectivity index (χ0v) is 23.1. The number of nitrogens with zero attached hydrogens (tertiary/aromatic N) is 5. The summed E-state index contributed by atoms with van der Waals surface area (Å²) in [4.78, 5) is 40.7. The molecule has 0 bridgehead atoms. The molecule has 4 rings (SSSR count). The molecule has 3 heterocycles. The molecule has 3 aromatic rings. The van der Waals surface area contributed by atoms with Gasteiger partial charge in [0.15, 0.2) is 0 Å². The number of anilines is 2. The van der Waals surface area contributed by atoms with E-state index in [0.717, 1.165) is 17.0 Å². The summed E-state index contributed by atoms with van der Waals surface area (Å²) in [6.45, 7) is 4.80. The number of hydrogen-bond donors (Lipinski definition) is 2. The summed E-state index contributed by atoms with van der Waals surface area (Å²) in [5.74, 6) is -0.270. The number of pyridine rings is 1. The monoisotopic (exact) mass is 592 g/mol. The predicted molar refractivity (Wildman–Crippen MR) is 141 cm³/mol. The van der Waals surface area contributed by atoms with Crippen molar-refractivity contribution in [2.24, 2.45) is 0 Å². The predicted octanol–water partition coefficient (Wildman–Crippen LogP) is 3.30. The van der Waals surface area contributed by atoms with E-state index in [9.17, 15) is 36.3 Å². The maximum Gasteiger partial charge on any atom is 0.501 e. The van der Waals surface area contributed by atoms with E-state index >= 15 is 0 Å². The minimum Gasteiger partial charge on any atom is -0.394 e. The fourth-order valence-corrected chi connectivity index (χ4v) is 4.92. The van der Waals surface area contributed by atoms with Gasteiger partial charge >= 0.3 is 11.5 Å². The molecule has 11 nitrogen and oxygen atoms in total. The SMILES string of the molecule is C[C@H](CO)Nc1nccc(Cc2cc(CN3C(=O)N(c4ccc(S(=O)(=O)C(F)(F)F)cc4)C(=O)C3(C)C)ccn2)n1. The molecular formula is C26H27F3N6O5S. The fraction of sp³-hybridized carbons (Fsp3) is 0.346. The van der Waals surface area contributed by atoms with Crippen LogP contribution in [0.3, 0.4) is 0 Å². The second kappa shape index (κ2) is 11.0. The van der Waals surface area contributed by atoms with Crippen LogP contribution in [-0.4, -0.2) is 69.0 Å². The van der Waals surface area contributed by atoms with Crippen molar-refractivity contribution in [3.05, 3.63) is 71.8 Å². The number of aliphatic hydroxyl groups is 1. The van der Waals surface area contributed by atoms with Gasteiger partial charge in [0.1, 0.15) is 5.54 Å². The molecule has 1 atom stereocenters. The molecule has 41 heavy (non-hydrogen) atoms. The molecule has 2 aromatic heterocycles. The number of carbonyl (C=O) groups excluding carboxylic acids is 2. The van der Waals surface area contributed by atoms with Crippen LogP contribution in [0.25, 0.3) is 0 Å². The molecule has 1 saturated heterocycles. The number of nitrogens with one attached hydrogen (secondary N) is 1. The van der Waals surface area contributed by atoms with E-state index in [2.05, 4.69) is 20.3 Å². The number of aromatic nitrogens is 3. The van der Waals surface area contributed by atoms with Crippen molar-refractivity contribution in [1.29, 1.82) is 0 Å². The van der Waals surface area contributed by atoms with Crippen LogP contribution in [0.1, 0.15) is 37.7 Å². The molecule has 1 aliphatic rings. The molecule has 2 N–H and O–H groups in total. The summed E-state index contributed by atoms with van der Waals surface area (Å²) in [6, 6.07) is 7.62. The summed E-state index contributed by atoms with van der Waals surface area (Å²) in [5, 5.41) is 12.2. The largest absolute Gasteiger partial charge is 0.501 e. The zero-order chi connectivity index (χ0) is 30.2. The summed E-state index contributed by atoms with van der Waals surface area (Å²) >= 11 is 0. The topological polar surface area (TPSA) is 146 Å². The van der Waals surface area contributed by atoms with Crippen LogP contribution in [0.5, 0.6) is 0 Å². The number of carbonyl (C=O) groups is 2. The smallest absolute Gasteiger partial charge is 0.394 e. The Hall–Kier alpha value is -4.11. The van der Waals surface area contributed by atoms with Crippen molar-refractivity contribution in [1.82, 2.24) is 19.9 Å². The lowest BCUT2D eigenvalue weighted by atomic mass is 10.0. The lowest BCUT2D eigenvalue weighted by Gasteiger charge is -2.27. The van der Waals surface area contributed by atoms with Crippen molar-refractivity contribution in [3.63, 3.8) is 0 Å². The number of halogens is 3. The Morgan fingerprint density at radius 1 is 1.02 bits per heavy atom. The molecule has 0 unspecified atom stereocenters. The number of hydrogen-bond acceptors (Lipinski definition) is 9. The van der Waals surface area contributed by atoms with E-state index in [4.69, 9.17) is 0 Å². The van der Waals surface area contributed by atoms with E-state index in [0.29, 0.717) is 41.5 Å². The Morgan fingerprint density at radius 3 is 2.32 bits per heavy atom. The first-order valence-corrected chi connectivity index (χ1v) is 13.8. The van der Waals surface area contributed by atoms with Gasteiger partial charge in [-0.25, -0.2) is 28.1 Å². The highest BCUT2D eigenvalue weighted by Crippen LogP contribution is 2.35. The summed E-state index contributed by atoms with van der Waals surface area (Å²) in [7, 11) is -5.58. The number of urea groups is 1. The number of alkyl halides is 3. The highest BCUT2D eigenvalue weighted by molar-refractivity contribution is 7.92. The Kier molecular flexibility index (Phi) is 8.05. The third-order valence-corrected chi connectivity index (χ3v) is 7.98. The van der Waals surface area contributed by atoms with Gasteiger partial charge in [-0.15, -0.1) is 0 Å². The number of benzene rings is 1. The van der Waals surface area contributed by atoms with Gasteiger partial charge < -0.3 is 15.3 Å². The van der Waals surface area contributed by atoms with Crippen LogP contribution in [0.2, 0.25) is 0 Å². The Morgan fingerprint density at radius 2 is 1.68 bits per heavy atom. The first-order valence-electron chi connectivity index (χ1n) is 12.4. The zero-order valence-electron chi connectivity index (χ0n) is 22.3. The standard InChI is InChI=1S/C26H27F3N6O5S/c1-16(15-36)32-23-31-11-9-18(33-23)13-19-12-17(8-10-30-19)14-34-24(38)35(22(37)25(34,2)3)20-4-6-21(7-5-20)41(39,40)26(27,28)29/h4-12,16,36H,13-15H2,1-3H3,(H,31,32,33)/t16-/m1/s1. The number of amides is 3. The highest BCUT2D eigenvalue weighted by Gasteiger charge is 2.52. The molecule has 15 heteroatoms. The van der Waals surface area contributed by atoms with Gasteiger partial charge in [0.2, 0.25) is 5.95 Å². The van der Waals surface area contributed by atoms with Gasteiger partial charge in [-0.1, -0.05) is 0 Å². The summed E-state index contributed by atoms with van der Waals surface area (Å²) < 4.78 is 62.1. The van der Waals surface area contributed by atoms with Crippen LogP contribution < -0.4 is 10.2 Å². The van der Waals surface area contributed by atoms with Crippen LogP contribution in [-0.2, 0) is 27.6 Å². The average Bonchev–Trinajstić information content (AvgIpc) is 3.07. The summed E-state index contributed by atoms with van der Waals surface area (Å²) in [6.07, 6.45) is 3.48. The minimum absolute atomic E-state index is 0.0225. The minimum atomic E-state index is -5.58. The Bertz CT molecular complexity index is 1560. The van der Waals surface area contributed by atoms with Crippen molar-refractivity contribution < 1.29 is 36.3 Å². The van der Waals surface area contributed by atoms with E-state index < -0.39 is 37.7 Å². The molecule has 0 spiro atoms.